The molecular formula is C14H16N2O2. The summed E-state index contributed by atoms with van der Waals surface area (Å²) in [7, 11) is 0. The Morgan fingerprint density at radius 1 is 1.33 bits per heavy atom. The van der Waals surface area contributed by atoms with Crippen molar-refractivity contribution in [3.63, 3.8) is 0 Å². The van der Waals surface area contributed by atoms with Gasteiger partial charge in [0.25, 0.3) is 5.91 Å². The maximum Gasteiger partial charge on any atom is 0.287 e. The first-order chi connectivity index (χ1) is 8.74. The fraction of sp³-hybridized carbons (Fsp3) is 0.357. The van der Waals surface area contributed by atoms with Crippen LogP contribution in [0.15, 0.2) is 34.7 Å². The molecule has 1 aromatic carbocycles. The zero-order valence-electron chi connectivity index (χ0n) is 10.1. The smallest absolute Gasteiger partial charge is 0.287 e. The number of amides is 1. The number of rotatable bonds is 2. The maximum atomic E-state index is 12.1. The van der Waals surface area contributed by atoms with Gasteiger partial charge < -0.3 is 15.5 Å². The van der Waals surface area contributed by atoms with Crippen LogP contribution in [0.5, 0.6) is 0 Å². The summed E-state index contributed by atoms with van der Waals surface area (Å²) in [5.74, 6) is 0.184. The number of benzene rings is 1. The average molecular weight is 244 g/mol. The van der Waals surface area contributed by atoms with Gasteiger partial charge in [-0.3, -0.25) is 4.79 Å². The largest absolute Gasteiger partial charge is 0.451 e. The molecule has 0 aliphatic heterocycles. The number of furan rings is 1. The van der Waals surface area contributed by atoms with Crippen molar-refractivity contribution in [2.24, 2.45) is 5.73 Å². The lowest BCUT2D eigenvalue weighted by Gasteiger charge is -2.15. The Bertz CT molecular complexity index is 543. The van der Waals surface area contributed by atoms with Crippen LogP contribution in [0.4, 0.5) is 0 Å². The van der Waals surface area contributed by atoms with Crippen LogP contribution in [0, 0.1) is 0 Å². The molecule has 2 aromatic rings. The Kier molecular flexibility index (Phi) is 2.80. The summed E-state index contributed by atoms with van der Waals surface area (Å²) in [6.45, 7) is 0. The summed E-state index contributed by atoms with van der Waals surface area (Å²) in [6, 6.07) is 9.51. The Labute approximate surface area is 105 Å². The van der Waals surface area contributed by atoms with E-state index in [2.05, 4.69) is 5.32 Å². The van der Waals surface area contributed by atoms with E-state index in [1.807, 2.05) is 24.3 Å². The van der Waals surface area contributed by atoms with E-state index in [0.29, 0.717) is 5.76 Å². The fourth-order valence-corrected chi connectivity index (χ4v) is 2.50. The molecule has 1 fully saturated rings. The SMILES string of the molecule is NC1CCCC1NC(=O)c1cc2ccccc2o1. The molecule has 2 unspecified atom stereocenters. The molecular weight excluding hydrogens is 228 g/mol. The molecule has 3 N–H and O–H groups in total. The number of para-hydroxylation sites is 1. The number of nitrogens with two attached hydrogens (primary N) is 1. The van der Waals surface area contributed by atoms with Crippen LogP contribution < -0.4 is 11.1 Å². The van der Waals surface area contributed by atoms with Crippen molar-refractivity contribution in [1.82, 2.24) is 5.32 Å². The highest BCUT2D eigenvalue weighted by Gasteiger charge is 2.26. The van der Waals surface area contributed by atoms with Gasteiger partial charge in [0, 0.05) is 17.5 Å². The van der Waals surface area contributed by atoms with Crippen molar-refractivity contribution < 1.29 is 9.21 Å². The number of hydrogen-bond donors (Lipinski definition) is 2. The maximum absolute atomic E-state index is 12.1. The molecule has 1 saturated carbocycles. The summed E-state index contributed by atoms with van der Waals surface area (Å²) >= 11 is 0. The van der Waals surface area contributed by atoms with Crippen molar-refractivity contribution in [1.29, 1.82) is 0 Å². The summed E-state index contributed by atoms with van der Waals surface area (Å²) in [5, 5.41) is 3.89. The first-order valence-corrected chi connectivity index (χ1v) is 6.29. The lowest BCUT2D eigenvalue weighted by atomic mass is 10.2. The highest BCUT2D eigenvalue weighted by molar-refractivity contribution is 5.96. The minimum absolute atomic E-state index is 0.0679. The second kappa shape index (κ2) is 4.46. The average Bonchev–Trinajstić information content (AvgIpc) is 2.96. The van der Waals surface area contributed by atoms with Crippen molar-refractivity contribution in [3.8, 4) is 0 Å². The van der Waals surface area contributed by atoms with Crippen LogP contribution >= 0.6 is 0 Å². The first kappa shape index (κ1) is 11.3. The molecule has 0 spiro atoms. The Morgan fingerprint density at radius 3 is 2.89 bits per heavy atom. The summed E-state index contributed by atoms with van der Waals surface area (Å²) in [6.07, 6.45) is 3.00. The zero-order valence-corrected chi connectivity index (χ0v) is 10.1. The van der Waals surface area contributed by atoms with E-state index in [1.165, 1.54) is 0 Å². The van der Waals surface area contributed by atoms with Gasteiger partial charge in [0.2, 0.25) is 0 Å². The number of hydrogen-bond acceptors (Lipinski definition) is 3. The minimum atomic E-state index is -0.173. The lowest BCUT2D eigenvalue weighted by molar-refractivity contribution is 0.0908. The molecule has 4 nitrogen and oxygen atoms in total. The van der Waals surface area contributed by atoms with Gasteiger partial charge >= 0.3 is 0 Å². The molecule has 94 valence electrons. The van der Waals surface area contributed by atoms with E-state index < -0.39 is 0 Å². The van der Waals surface area contributed by atoms with E-state index in [4.69, 9.17) is 10.2 Å². The van der Waals surface area contributed by atoms with E-state index in [9.17, 15) is 4.79 Å². The molecule has 2 atom stereocenters. The topological polar surface area (TPSA) is 68.3 Å². The summed E-state index contributed by atoms with van der Waals surface area (Å²) in [5.41, 5.74) is 6.67. The molecule has 18 heavy (non-hydrogen) atoms. The Morgan fingerprint density at radius 2 is 2.17 bits per heavy atom. The highest BCUT2D eigenvalue weighted by Crippen LogP contribution is 2.21. The number of fused-ring (bicyclic) bond motifs is 1. The zero-order chi connectivity index (χ0) is 12.5. The third-order valence-electron chi connectivity index (χ3n) is 3.54. The molecule has 3 rings (SSSR count). The lowest BCUT2D eigenvalue weighted by Crippen LogP contribution is -2.43. The minimum Gasteiger partial charge on any atom is -0.451 e. The number of carbonyl (C=O) groups excluding carboxylic acids is 1. The van der Waals surface area contributed by atoms with Crippen LogP contribution in [0.25, 0.3) is 11.0 Å². The van der Waals surface area contributed by atoms with Gasteiger partial charge in [-0.2, -0.15) is 0 Å². The molecule has 1 aliphatic rings. The van der Waals surface area contributed by atoms with Gasteiger partial charge in [0.15, 0.2) is 5.76 Å². The van der Waals surface area contributed by atoms with Crippen LogP contribution in [0.1, 0.15) is 29.8 Å². The van der Waals surface area contributed by atoms with E-state index >= 15 is 0 Å². The van der Waals surface area contributed by atoms with E-state index in [1.54, 1.807) is 6.07 Å². The molecule has 1 heterocycles. The quantitative estimate of drug-likeness (QED) is 0.849. The van der Waals surface area contributed by atoms with Crippen molar-refractivity contribution in [3.05, 3.63) is 36.1 Å². The number of carbonyl (C=O) groups is 1. The predicted octanol–water partition coefficient (Wildman–Crippen LogP) is 2.04. The highest BCUT2D eigenvalue weighted by atomic mass is 16.3. The Balaban J connectivity index is 1.79. The predicted molar refractivity (Wildman–Crippen MR) is 69.3 cm³/mol. The van der Waals surface area contributed by atoms with Gasteiger partial charge in [-0.05, 0) is 31.4 Å². The fourth-order valence-electron chi connectivity index (χ4n) is 2.50. The van der Waals surface area contributed by atoms with Gasteiger partial charge in [-0.15, -0.1) is 0 Å². The van der Waals surface area contributed by atoms with Gasteiger partial charge in [-0.1, -0.05) is 18.2 Å². The molecule has 1 aromatic heterocycles. The first-order valence-electron chi connectivity index (χ1n) is 6.29. The van der Waals surface area contributed by atoms with E-state index in [0.717, 1.165) is 30.2 Å². The molecule has 1 aliphatic carbocycles. The van der Waals surface area contributed by atoms with Crippen molar-refractivity contribution in [2.75, 3.05) is 0 Å². The third kappa shape index (κ3) is 1.99. The standard InChI is InChI=1S/C14H16N2O2/c15-10-5-3-6-11(10)16-14(17)13-8-9-4-1-2-7-12(9)18-13/h1-2,4,7-8,10-11H,3,5-6,15H2,(H,16,17). The summed E-state index contributed by atoms with van der Waals surface area (Å²) < 4.78 is 5.52. The second-order valence-electron chi connectivity index (χ2n) is 4.82. The summed E-state index contributed by atoms with van der Waals surface area (Å²) in [4.78, 5) is 12.1. The van der Waals surface area contributed by atoms with Gasteiger partial charge in [0.05, 0.1) is 0 Å². The van der Waals surface area contributed by atoms with Crippen LogP contribution in [0.3, 0.4) is 0 Å². The number of nitrogens with one attached hydrogen (secondary N) is 1. The van der Waals surface area contributed by atoms with Gasteiger partial charge in [0.1, 0.15) is 5.58 Å². The van der Waals surface area contributed by atoms with Gasteiger partial charge in [-0.25, -0.2) is 0 Å². The van der Waals surface area contributed by atoms with Crippen molar-refractivity contribution in [2.45, 2.75) is 31.3 Å². The second-order valence-corrected chi connectivity index (χ2v) is 4.82. The van der Waals surface area contributed by atoms with Crippen LogP contribution in [-0.2, 0) is 0 Å². The van der Waals surface area contributed by atoms with E-state index in [-0.39, 0.29) is 18.0 Å². The monoisotopic (exact) mass is 244 g/mol. The van der Waals surface area contributed by atoms with Crippen LogP contribution in [-0.4, -0.2) is 18.0 Å². The van der Waals surface area contributed by atoms with Crippen LogP contribution in [0.2, 0.25) is 0 Å². The normalized spacial score (nSPS) is 23.4. The third-order valence-corrected chi connectivity index (χ3v) is 3.54. The molecule has 0 bridgehead atoms. The molecule has 1 amide bonds. The molecule has 4 heteroatoms. The molecule has 0 radical (unpaired) electrons. The molecule has 0 saturated heterocycles. The van der Waals surface area contributed by atoms with Crippen molar-refractivity contribution >= 4 is 16.9 Å². The Hall–Kier alpha value is -1.81.